The maximum absolute atomic E-state index is 14.4. The molecule has 2 N–H and O–H groups in total. The smallest absolute Gasteiger partial charge is 0.416 e. The summed E-state index contributed by atoms with van der Waals surface area (Å²) in [5, 5.41) is 12.8. The standard InChI is InChI=1S/C18H15F4N3O/c19-16-12(2-1-3-15(16)26)13-9-23-17(24-11-4-5-11)25-7-6-10(8-14(13)25)18(20,21)22/h1-3,6-8,11,26H,4-5,9H2,(H,23,24). The molecule has 0 unspecified atom stereocenters. The number of aromatic hydroxyl groups is 1. The van der Waals surface area contributed by atoms with Crippen molar-refractivity contribution in [1.29, 1.82) is 0 Å². The van der Waals surface area contributed by atoms with E-state index in [0.29, 0.717) is 5.96 Å². The molecule has 1 aromatic rings. The predicted molar refractivity (Wildman–Crippen MR) is 88.6 cm³/mol. The minimum atomic E-state index is -4.52. The lowest BCUT2D eigenvalue weighted by Gasteiger charge is -2.33. The van der Waals surface area contributed by atoms with Gasteiger partial charge in [-0.25, -0.2) is 9.38 Å². The third-order valence-electron chi connectivity index (χ3n) is 4.42. The van der Waals surface area contributed by atoms with Crippen molar-refractivity contribution >= 4 is 11.5 Å². The molecule has 0 radical (unpaired) electrons. The van der Waals surface area contributed by atoms with Crippen LogP contribution in [0.15, 0.2) is 52.8 Å². The molecular weight excluding hydrogens is 350 g/mol. The monoisotopic (exact) mass is 365 g/mol. The molecule has 1 saturated carbocycles. The van der Waals surface area contributed by atoms with Crippen LogP contribution in [0, 0.1) is 5.82 Å². The molecule has 0 amide bonds. The van der Waals surface area contributed by atoms with Gasteiger partial charge >= 0.3 is 6.18 Å². The van der Waals surface area contributed by atoms with E-state index in [1.807, 2.05) is 0 Å². The molecular formula is C18H15F4N3O. The Balaban J connectivity index is 1.82. The lowest BCUT2D eigenvalue weighted by Crippen LogP contribution is -2.42. The van der Waals surface area contributed by atoms with E-state index in [1.165, 1.54) is 29.3 Å². The second-order valence-corrected chi connectivity index (χ2v) is 6.34. The summed E-state index contributed by atoms with van der Waals surface area (Å²) in [6, 6.07) is 4.31. The first kappa shape index (κ1) is 16.7. The molecule has 0 atom stereocenters. The first-order chi connectivity index (χ1) is 12.3. The zero-order chi connectivity index (χ0) is 18.5. The van der Waals surface area contributed by atoms with Gasteiger partial charge in [-0.15, -0.1) is 0 Å². The van der Waals surface area contributed by atoms with Crippen LogP contribution in [0.2, 0.25) is 0 Å². The van der Waals surface area contributed by atoms with Crippen molar-refractivity contribution in [3.8, 4) is 5.75 Å². The number of phenolic OH excluding ortho intramolecular Hbond substituents is 1. The summed E-state index contributed by atoms with van der Waals surface area (Å²) in [6.07, 6.45) is 0.682. The molecule has 3 aliphatic rings. The third-order valence-corrected chi connectivity index (χ3v) is 4.42. The molecule has 2 aliphatic heterocycles. The number of benzene rings is 1. The summed E-state index contributed by atoms with van der Waals surface area (Å²) in [7, 11) is 0. The average Bonchev–Trinajstić information content (AvgIpc) is 3.41. The Labute approximate surface area is 146 Å². The van der Waals surface area contributed by atoms with Gasteiger partial charge in [0.1, 0.15) is 0 Å². The molecule has 0 saturated heterocycles. The fraction of sp³-hybridized carbons (Fsp3) is 0.278. The Bertz CT molecular complexity index is 879. The van der Waals surface area contributed by atoms with Crippen molar-refractivity contribution in [3.63, 3.8) is 0 Å². The highest BCUT2D eigenvalue weighted by Gasteiger charge is 2.37. The van der Waals surface area contributed by atoms with Crippen LogP contribution in [0.3, 0.4) is 0 Å². The first-order valence-corrected chi connectivity index (χ1v) is 8.13. The summed E-state index contributed by atoms with van der Waals surface area (Å²) >= 11 is 0. The Hall–Kier alpha value is -2.77. The van der Waals surface area contributed by atoms with Gasteiger partial charge in [0, 0.05) is 23.4 Å². The van der Waals surface area contributed by atoms with Crippen LogP contribution < -0.4 is 5.32 Å². The quantitative estimate of drug-likeness (QED) is 0.786. The highest BCUT2D eigenvalue weighted by atomic mass is 19.4. The predicted octanol–water partition coefficient (Wildman–Crippen LogP) is 3.68. The van der Waals surface area contributed by atoms with Crippen LogP contribution in [0.5, 0.6) is 5.75 Å². The normalized spacial score (nSPS) is 19.9. The molecule has 4 rings (SSSR count). The van der Waals surface area contributed by atoms with E-state index in [-0.39, 0.29) is 29.4 Å². The van der Waals surface area contributed by atoms with Crippen LogP contribution in [0.1, 0.15) is 18.4 Å². The van der Waals surface area contributed by atoms with E-state index in [1.54, 1.807) is 0 Å². The third kappa shape index (κ3) is 2.95. The summed E-state index contributed by atoms with van der Waals surface area (Å²) in [6.45, 7) is 0.0107. The van der Waals surface area contributed by atoms with Crippen molar-refractivity contribution in [2.45, 2.75) is 25.1 Å². The molecule has 4 nitrogen and oxygen atoms in total. The Morgan fingerprint density at radius 2 is 2.00 bits per heavy atom. The molecule has 1 aromatic carbocycles. The van der Waals surface area contributed by atoms with Crippen LogP contribution in [0.25, 0.3) is 5.57 Å². The average molecular weight is 365 g/mol. The maximum atomic E-state index is 14.4. The highest BCUT2D eigenvalue weighted by molar-refractivity contribution is 5.91. The van der Waals surface area contributed by atoms with Crippen LogP contribution in [-0.4, -0.2) is 34.7 Å². The largest absolute Gasteiger partial charge is 0.505 e. The number of halogens is 4. The fourth-order valence-corrected chi connectivity index (χ4v) is 2.91. The maximum Gasteiger partial charge on any atom is 0.416 e. The molecule has 1 aliphatic carbocycles. The lowest BCUT2D eigenvalue weighted by atomic mass is 9.98. The van der Waals surface area contributed by atoms with Crippen molar-refractivity contribution in [1.82, 2.24) is 10.2 Å². The molecule has 1 fully saturated rings. The number of nitrogens with zero attached hydrogens (tertiary/aromatic N) is 2. The SMILES string of the molecule is Oc1cccc(C2=C3C=C(C(F)(F)F)C=CN3C(NC3CC3)=NC2)c1F. The number of hydrogen-bond donors (Lipinski definition) is 2. The van der Waals surface area contributed by atoms with E-state index in [9.17, 15) is 22.7 Å². The number of aliphatic imine (C=N–C) groups is 1. The van der Waals surface area contributed by atoms with Gasteiger partial charge in [-0.1, -0.05) is 12.1 Å². The minimum absolute atomic E-state index is 0.0107. The summed E-state index contributed by atoms with van der Waals surface area (Å²) in [5.74, 6) is -0.986. The highest BCUT2D eigenvalue weighted by Crippen LogP contribution is 2.37. The Morgan fingerprint density at radius 1 is 1.23 bits per heavy atom. The van der Waals surface area contributed by atoms with Gasteiger partial charge < -0.3 is 10.4 Å². The topological polar surface area (TPSA) is 47.9 Å². The van der Waals surface area contributed by atoms with Crippen molar-refractivity contribution in [2.24, 2.45) is 4.99 Å². The molecule has 0 spiro atoms. The molecule has 0 aromatic heterocycles. The van der Waals surface area contributed by atoms with Gasteiger partial charge in [0.15, 0.2) is 11.6 Å². The van der Waals surface area contributed by atoms with E-state index >= 15 is 0 Å². The van der Waals surface area contributed by atoms with Gasteiger partial charge in [-0.2, -0.15) is 13.2 Å². The van der Waals surface area contributed by atoms with Crippen molar-refractivity contribution in [3.05, 3.63) is 59.2 Å². The number of phenols is 1. The molecule has 8 heteroatoms. The second-order valence-electron chi connectivity index (χ2n) is 6.34. The lowest BCUT2D eigenvalue weighted by molar-refractivity contribution is -0.0885. The summed E-state index contributed by atoms with van der Waals surface area (Å²) < 4.78 is 53.9. The van der Waals surface area contributed by atoms with E-state index in [0.717, 1.165) is 25.0 Å². The number of nitrogens with one attached hydrogen (secondary N) is 1. The molecule has 2 heterocycles. The number of guanidine groups is 1. The van der Waals surface area contributed by atoms with Crippen molar-refractivity contribution < 1.29 is 22.7 Å². The minimum Gasteiger partial charge on any atom is -0.505 e. The van der Waals surface area contributed by atoms with E-state index in [2.05, 4.69) is 10.3 Å². The molecule has 26 heavy (non-hydrogen) atoms. The van der Waals surface area contributed by atoms with E-state index in [4.69, 9.17) is 0 Å². The zero-order valence-electron chi connectivity index (χ0n) is 13.5. The number of hydrogen-bond acceptors (Lipinski definition) is 4. The van der Waals surface area contributed by atoms with Gasteiger partial charge in [0.2, 0.25) is 5.96 Å². The fourth-order valence-electron chi connectivity index (χ4n) is 2.91. The number of fused-ring (bicyclic) bond motifs is 1. The zero-order valence-corrected chi connectivity index (χ0v) is 13.5. The van der Waals surface area contributed by atoms with Crippen LogP contribution in [-0.2, 0) is 0 Å². The summed E-state index contributed by atoms with van der Waals surface area (Å²) in [5.41, 5.74) is -0.310. The first-order valence-electron chi connectivity index (χ1n) is 8.13. The van der Waals surface area contributed by atoms with Crippen LogP contribution in [0.4, 0.5) is 17.6 Å². The van der Waals surface area contributed by atoms with Gasteiger partial charge in [-0.05, 0) is 31.1 Å². The van der Waals surface area contributed by atoms with E-state index < -0.39 is 23.3 Å². The number of alkyl halides is 3. The van der Waals surface area contributed by atoms with Crippen molar-refractivity contribution in [2.75, 3.05) is 6.54 Å². The van der Waals surface area contributed by atoms with Gasteiger partial charge in [-0.3, -0.25) is 4.90 Å². The number of rotatable bonds is 2. The van der Waals surface area contributed by atoms with Crippen LogP contribution >= 0.6 is 0 Å². The summed E-state index contributed by atoms with van der Waals surface area (Å²) in [4.78, 5) is 5.87. The Kier molecular flexibility index (Phi) is 3.78. The Morgan fingerprint density at radius 3 is 2.69 bits per heavy atom. The molecule has 136 valence electrons. The number of allylic oxidation sites excluding steroid dienone is 3. The second kappa shape index (κ2) is 5.89. The molecule has 0 bridgehead atoms. The van der Waals surface area contributed by atoms with Gasteiger partial charge in [0.25, 0.3) is 0 Å². The van der Waals surface area contributed by atoms with Gasteiger partial charge in [0.05, 0.1) is 17.8 Å².